The average molecular weight is 310 g/mol. The van der Waals surface area contributed by atoms with Crippen molar-refractivity contribution in [2.75, 3.05) is 16.3 Å². The first-order valence-corrected chi connectivity index (χ1v) is 8.02. The van der Waals surface area contributed by atoms with E-state index in [1.165, 1.54) is 12.1 Å². The highest BCUT2D eigenvalue weighted by Crippen LogP contribution is 2.24. The lowest BCUT2D eigenvalue weighted by Gasteiger charge is -2.13. The molecule has 3 N–H and O–H groups in total. The summed E-state index contributed by atoms with van der Waals surface area (Å²) >= 11 is 0. The molecule has 0 atom stereocenters. The van der Waals surface area contributed by atoms with Crippen molar-refractivity contribution in [2.45, 2.75) is 6.54 Å². The van der Waals surface area contributed by atoms with Crippen molar-refractivity contribution >= 4 is 21.4 Å². The minimum atomic E-state index is -3.40. The van der Waals surface area contributed by atoms with Gasteiger partial charge in [0.25, 0.3) is 0 Å². The topological polar surface area (TPSA) is 78.4 Å². The van der Waals surface area contributed by atoms with Crippen LogP contribution in [0, 0.1) is 5.82 Å². The van der Waals surface area contributed by atoms with Crippen LogP contribution >= 0.6 is 0 Å². The number of phenolic OH excluding ortho intramolecular Hbond substituents is 1. The largest absolute Gasteiger partial charge is 0.508 e. The molecule has 2 rings (SSSR count). The Bertz CT molecular complexity index is 748. The third-order valence-corrected chi connectivity index (χ3v) is 3.32. The third-order valence-electron chi connectivity index (χ3n) is 2.73. The van der Waals surface area contributed by atoms with Gasteiger partial charge in [-0.05, 0) is 30.3 Å². The number of phenols is 1. The zero-order valence-corrected chi connectivity index (χ0v) is 12.1. The Morgan fingerprint density at radius 3 is 2.48 bits per heavy atom. The van der Waals surface area contributed by atoms with Crippen LogP contribution in [0.15, 0.2) is 42.5 Å². The number of rotatable bonds is 5. The minimum absolute atomic E-state index is 0.0301. The molecule has 7 heteroatoms. The van der Waals surface area contributed by atoms with Gasteiger partial charge in [-0.1, -0.05) is 12.1 Å². The van der Waals surface area contributed by atoms with Crippen molar-refractivity contribution in [3.63, 3.8) is 0 Å². The Hall–Kier alpha value is -2.28. The highest BCUT2D eigenvalue weighted by atomic mass is 32.2. The second-order valence-corrected chi connectivity index (χ2v) is 6.29. The van der Waals surface area contributed by atoms with Crippen LogP contribution in [0.1, 0.15) is 5.56 Å². The molecule has 0 fully saturated rings. The summed E-state index contributed by atoms with van der Waals surface area (Å²) in [6.45, 7) is 0.159. The Kier molecular flexibility index (Phi) is 4.32. The second kappa shape index (κ2) is 6.01. The molecule has 0 aliphatic rings. The molecule has 2 aromatic rings. The normalized spacial score (nSPS) is 11.1. The molecular weight excluding hydrogens is 295 g/mol. The quantitative estimate of drug-likeness (QED) is 0.793. The van der Waals surface area contributed by atoms with Crippen LogP contribution in [-0.4, -0.2) is 19.8 Å². The average Bonchev–Trinajstić information content (AvgIpc) is 2.39. The molecule has 0 unspecified atom stereocenters. The molecule has 0 aromatic heterocycles. The number of halogens is 1. The number of aromatic hydroxyl groups is 1. The Balaban J connectivity index is 2.18. The van der Waals surface area contributed by atoms with E-state index in [-0.39, 0.29) is 12.3 Å². The number of hydrogen-bond donors (Lipinski definition) is 3. The fourth-order valence-corrected chi connectivity index (χ4v) is 2.39. The lowest BCUT2D eigenvalue weighted by molar-refractivity contribution is 0.466. The summed E-state index contributed by atoms with van der Waals surface area (Å²) in [5.74, 6) is -0.482. The van der Waals surface area contributed by atoms with E-state index in [0.29, 0.717) is 16.9 Å². The molecular formula is C14H15FN2O3S. The van der Waals surface area contributed by atoms with E-state index in [1.807, 2.05) is 0 Å². The Morgan fingerprint density at radius 1 is 1.14 bits per heavy atom. The van der Waals surface area contributed by atoms with Crippen LogP contribution in [0.3, 0.4) is 0 Å². The number of nitrogens with one attached hydrogen (secondary N) is 2. The molecule has 0 saturated heterocycles. The zero-order valence-electron chi connectivity index (χ0n) is 11.3. The fourth-order valence-electron chi connectivity index (χ4n) is 1.81. The molecule has 0 heterocycles. The summed E-state index contributed by atoms with van der Waals surface area (Å²) in [5.41, 5.74) is 1.30. The summed E-state index contributed by atoms with van der Waals surface area (Å²) < 4.78 is 38.1. The van der Waals surface area contributed by atoms with E-state index >= 15 is 0 Å². The monoisotopic (exact) mass is 310 g/mol. The van der Waals surface area contributed by atoms with Gasteiger partial charge in [0.1, 0.15) is 11.6 Å². The van der Waals surface area contributed by atoms with Gasteiger partial charge in [0, 0.05) is 12.1 Å². The van der Waals surface area contributed by atoms with Gasteiger partial charge in [-0.25, -0.2) is 12.8 Å². The molecule has 2 aromatic carbocycles. The van der Waals surface area contributed by atoms with Gasteiger partial charge >= 0.3 is 0 Å². The van der Waals surface area contributed by atoms with Gasteiger partial charge in [-0.2, -0.15) is 0 Å². The molecule has 0 aliphatic carbocycles. The number of para-hydroxylation sites is 2. The smallest absolute Gasteiger partial charge is 0.229 e. The number of sulfonamides is 1. The van der Waals surface area contributed by atoms with Gasteiger partial charge in [-0.15, -0.1) is 0 Å². The molecule has 21 heavy (non-hydrogen) atoms. The maximum atomic E-state index is 13.1. The van der Waals surface area contributed by atoms with Gasteiger partial charge in [0.15, 0.2) is 0 Å². The van der Waals surface area contributed by atoms with Crippen LogP contribution < -0.4 is 10.0 Å². The predicted molar refractivity (Wildman–Crippen MR) is 80.3 cm³/mol. The van der Waals surface area contributed by atoms with Crippen LogP contribution in [0.5, 0.6) is 5.75 Å². The first-order chi connectivity index (χ1) is 9.85. The van der Waals surface area contributed by atoms with E-state index < -0.39 is 15.8 Å². The molecule has 112 valence electrons. The van der Waals surface area contributed by atoms with Crippen molar-refractivity contribution < 1.29 is 17.9 Å². The third kappa shape index (κ3) is 4.35. The predicted octanol–water partition coefficient (Wildman–Crippen LogP) is 2.51. The maximum absolute atomic E-state index is 13.1. The molecule has 0 amide bonds. The molecule has 5 nitrogen and oxygen atoms in total. The summed E-state index contributed by atoms with van der Waals surface area (Å²) in [7, 11) is -3.40. The van der Waals surface area contributed by atoms with Crippen molar-refractivity contribution in [1.29, 1.82) is 0 Å². The van der Waals surface area contributed by atoms with E-state index in [0.717, 1.165) is 12.3 Å². The number of anilines is 2. The Labute approximate surface area is 122 Å². The number of benzene rings is 2. The van der Waals surface area contributed by atoms with Crippen molar-refractivity contribution in [3.8, 4) is 5.75 Å². The van der Waals surface area contributed by atoms with Crippen LogP contribution in [0.25, 0.3) is 0 Å². The van der Waals surface area contributed by atoms with E-state index in [2.05, 4.69) is 10.0 Å². The first kappa shape index (κ1) is 15.1. The van der Waals surface area contributed by atoms with Crippen molar-refractivity contribution in [2.24, 2.45) is 0 Å². The molecule has 0 spiro atoms. The summed E-state index contributed by atoms with van der Waals surface area (Å²) in [5, 5.41) is 12.6. The zero-order chi connectivity index (χ0) is 15.5. The molecule has 0 bridgehead atoms. The minimum Gasteiger partial charge on any atom is -0.508 e. The summed E-state index contributed by atoms with van der Waals surface area (Å²) in [6.07, 6.45) is 1.06. The second-order valence-electron chi connectivity index (χ2n) is 4.55. The standard InChI is InChI=1S/C14H15FN2O3S/c1-21(19,20)17-13-5-3-2-4-12(13)16-9-10-8-11(15)6-7-14(10)18/h2-8,16-18H,9H2,1H3. The Morgan fingerprint density at radius 2 is 1.81 bits per heavy atom. The van der Waals surface area contributed by atoms with Crippen molar-refractivity contribution in [3.05, 3.63) is 53.8 Å². The van der Waals surface area contributed by atoms with Gasteiger partial charge in [-0.3, -0.25) is 4.72 Å². The van der Waals surface area contributed by atoms with E-state index in [1.54, 1.807) is 24.3 Å². The molecule has 0 saturated carbocycles. The van der Waals surface area contributed by atoms with E-state index in [9.17, 15) is 17.9 Å². The van der Waals surface area contributed by atoms with E-state index in [4.69, 9.17) is 0 Å². The fraction of sp³-hybridized carbons (Fsp3) is 0.143. The van der Waals surface area contributed by atoms with Gasteiger partial charge in [0.05, 0.1) is 17.6 Å². The maximum Gasteiger partial charge on any atom is 0.229 e. The SMILES string of the molecule is CS(=O)(=O)Nc1ccccc1NCc1cc(F)ccc1O. The van der Waals surface area contributed by atoms with Crippen molar-refractivity contribution in [1.82, 2.24) is 0 Å². The van der Waals surface area contributed by atoms with Crippen LogP contribution in [0.4, 0.5) is 15.8 Å². The summed E-state index contributed by atoms with van der Waals surface area (Å²) in [4.78, 5) is 0. The highest BCUT2D eigenvalue weighted by Gasteiger charge is 2.08. The van der Waals surface area contributed by atoms with Gasteiger partial charge < -0.3 is 10.4 Å². The lowest BCUT2D eigenvalue weighted by atomic mass is 10.2. The van der Waals surface area contributed by atoms with Gasteiger partial charge in [0.2, 0.25) is 10.0 Å². The van der Waals surface area contributed by atoms with Crippen LogP contribution in [0.2, 0.25) is 0 Å². The first-order valence-electron chi connectivity index (χ1n) is 6.13. The lowest BCUT2D eigenvalue weighted by Crippen LogP contribution is -2.12. The molecule has 0 aliphatic heterocycles. The number of hydrogen-bond acceptors (Lipinski definition) is 4. The molecule has 0 radical (unpaired) electrons. The summed E-state index contributed by atoms with van der Waals surface area (Å²) in [6, 6.07) is 10.4. The van der Waals surface area contributed by atoms with Crippen LogP contribution in [-0.2, 0) is 16.6 Å². The highest BCUT2D eigenvalue weighted by molar-refractivity contribution is 7.92.